The van der Waals surface area contributed by atoms with Crippen LogP contribution in [-0.2, 0) is 11.3 Å². The molecule has 3 heterocycles. The van der Waals surface area contributed by atoms with Crippen LogP contribution < -0.4 is 14.8 Å². The number of ether oxygens (including phenoxy) is 2. The zero-order chi connectivity index (χ0) is 21.1. The Bertz CT molecular complexity index is 1090. The summed E-state index contributed by atoms with van der Waals surface area (Å²) < 4.78 is 19.1. The van der Waals surface area contributed by atoms with E-state index >= 15 is 0 Å². The number of nitrogens with one attached hydrogen (secondary N) is 1. The molecule has 3 aromatic rings. The number of fused-ring (bicyclic) bond motifs is 1. The molecule has 0 atom stereocenters. The normalized spacial score (nSPS) is 12.6. The molecule has 0 aliphatic carbocycles. The fourth-order valence-electron chi connectivity index (χ4n) is 2.98. The molecular formula is C20H19BrN4O4S. The van der Waals surface area contributed by atoms with Gasteiger partial charge in [0.2, 0.25) is 5.91 Å². The van der Waals surface area contributed by atoms with Gasteiger partial charge in [0.25, 0.3) is 0 Å². The summed E-state index contributed by atoms with van der Waals surface area (Å²) in [6.45, 7) is 7.18. The molecule has 30 heavy (non-hydrogen) atoms. The van der Waals surface area contributed by atoms with E-state index in [0.717, 1.165) is 15.8 Å². The minimum absolute atomic E-state index is 0.167. The van der Waals surface area contributed by atoms with E-state index < -0.39 is 0 Å². The molecule has 8 nitrogen and oxygen atoms in total. The Morgan fingerprint density at radius 2 is 2.10 bits per heavy atom. The maximum atomic E-state index is 12.5. The Kier molecular flexibility index (Phi) is 6.14. The van der Waals surface area contributed by atoms with Gasteiger partial charge in [0.15, 0.2) is 22.5 Å². The first-order valence-electron chi connectivity index (χ1n) is 9.17. The van der Waals surface area contributed by atoms with Gasteiger partial charge in [-0.1, -0.05) is 17.8 Å². The summed E-state index contributed by atoms with van der Waals surface area (Å²) in [6, 6.07) is 5.39. The highest BCUT2D eigenvalue weighted by molar-refractivity contribution is 9.10. The summed E-state index contributed by atoms with van der Waals surface area (Å²) in [5.74, 6) is 2.69. The van der Waals surface area contributed by atoms with E-state index in [0.29, 0.717) is 47.9 Å². The second-order valence-corrected chi connectivity index (χ2v) is 8.21. The van der Waals surface area contributed by atoms with Crippen LogP contribution in [-0.4, -0.2) is 39.6 Å². The van der Waals surface area contributed by atoms with Crippen LogP contribution in [0.2, 0.25) is 0 Å². The number of aryl methyl sites for hydroxylation is 1. The molecular weight excluding hydrogens is 472 g/mol. The molecule has 1 aromatic carbocycles. The molecule has 1 N–H and O–H groups in total. The minimum Gasteiger partial charge on any atom is -0.486 e. The molecule has 1 amide bonds. The van der Waals surface area contributed by atoms with Crippen LogP contribution in [0.5, 0.6) is 11.5 Å². The number of furan rings is 1. The molecule has 156 valence electrons. The summed E-state index contributed by atoms with van der Waals surface area (Å²) >= 11 is 4.76. The van der Waals surface area contributed by atoms with E-state index in [4.69, 9.17) is 13.9 Å². The average Bonchev–Trinajstić information content (AvgIpc) is 3.33. The maximum Gasteiger partial charge on any atom is 0.234 e. The SMILES string of the molecule is C=CCn1c(SCC(=O)Nc2cc3c(cc2Br)OCCO3)nnc1-c1ccoc1C. The molecule has 0 unspecified atom stereocenters. The van der Waals surface area contributed by atoms with Crippen LogP contribution in [0.25, 0.3) is 11.4 Å². The van der Waals surface area contributed by atoms with Crippen molar-refractivity contribution in [2.24, 2.45) is 0 Å². The molecule has 0 radical (unpaired) electrons. The van der Waals surface area contributed by atoms with E-state index in [1.54, 1.807) is 24.5 Å². The van der Waals surface area contributed by atoms with Gasteiger partial charge < -0.3 is 19.2 Å². The van der Waals surface area contributed by atoms with Gasteiger partial charge in [0, 0.05) is 23.2 Å². The number of rotatable bonds is 7. The van der Waals surface area contributed by atoms with Crippen LogP contribution in [0.15, 0.2) is 51.2 Å². The Morgan fingerprint density at radius 3 is 2.80 bits per heavy atom. The topological polar surface area (TPSA) is 91.4 Å². The predicted octanol–water partition coefficient (Wildman–Crippen LogP) is 4.30. The highest BCUT2D eigenvalue weighted by atomic mass is 79.9. The number of benzene rings is 1. The van der Waals surface area contributed by atoms with Crippen LogP contribution >= 0.6 is 27.7 Å². The third-order valence-corrected chi connectivity index (χ3v) is 5.99. The van der Waals surface area contributed by atoms with Crippen molar-refractivity contribution in [3.8, 4) is 22.9 Å². The van der Waals surface area contributed by atoms with Crippen molar-refractivity contribution in [1.29, 1.82) is 0 Å². The number of hydrogen-bond donors (Lipinski definition) is 1. The van der Waals surface area contributed by atoms with Crippen LogP contribution in [0.4, 0.5) is 5.69 Å². The first-order chi connectivity index (χ1) is 14.6. The lowest BCUT2D eigenvalue weighted by Crippen LogP contribution is -2.18. The molecule has 0 saturated heterocycles. The second kappa shape index (κ2) is 8.97. The number of allylic oxidation sites excluding steroid dienone is 1. The molecule has 1 aliphatic rings. The zero-order valence-electron chi connectivity index (χ0n) is 16.2. The van der Waals surface area contributed by atoms with E-state index in [1.807, 2.05) is 17.6 Å². The molecule has 2 aromatic heterocycles. The molecule has 4 rings (SSSR count). The number of aromatic nitrogens is 3. The lowest BCUT2D eigenvalue weighted by molar-refractivity contribution is -0.113. The standard InChI is InChI=1S/C20H19BrN4O4S/c1-3-5-25-19(13-4-6-27-12(13)2)23-24-20(25)30-11-18(26)22-15-10-17-16(9-14(15)21)28-7-8-29-17/h3-4,6,9-10H,1,5,7-8,11H2,2H3,(H,22,26). The molecule has 10 heteroatoms. The van der Waals surface area contributed by atoms with Gasteiger partial charge in [-0.3, -0.25) is 9.36 Å². The van der Waals surface area contributed by atoms with Crippen molar-refractivity contribution in [3.63, 3.8) is 0 Å². The molecule has 1 aliphatic heterocycles. The highest BCUT2D eigenvalue weighted by Crippen LogP contribution is 2.38. The van der Waals surface area contributed by atoms with E-state index in [1.165, 1.54) is 11.8 Å². The van der Waals surface area contributed by atoms with Crippen molar-refractivity contribution in [3.05, 3.63) is 47.4 Å². The summed E-state index contributed by atoms with van der Waals surface area (Å²) in [4.78, 5) is 12.5. The molecule has 0 bridgehead atoms. The van der Waals surface area contributed by atoms with Gasteiger partial charge in [0.05, 0.1) is 23.3 Å². The second-order valence-electron chi connectivity index (χ2n) is 6.41. The monoisotopic (exact) mass is 490 g/mol. The lowest BCUT2D eigenvalue weighted by atomic mass is 10.2. The van der Waals surface area contributed by atoms with Crippen LogP contribution in [0.1, 0.15) is 5.76 Å². The number of thioether (sulfide) groups is 1. The Balaban J connectivity index is 1.46. The van der Waals surface area contributed by atoms with Gasteiger partial charge in [-0.05, 0) is 28.9 Å². The Morgan fingerprint density at radius 1 is 1.33 bits per heavy atom. The number of carbonyl (C=O) groups excluding carboxylic acids is 1. The number of anilines is 1. The van der Waals surface area contributed by atoms with Gasteiger partial charge >= 0.3 is 0 Å². The van der Waals surface area contributed by atoms with Crippen molar-refractivity contribution < 1.29 is 18.7 Å². The highest BCUT2D eigenvalue weighted by Gasteiger charge is 2.19. The van der Waals surface area contributed by atoms with Crippen LogP contribution in [0.3, 0.4) is 0 Å². The predicted molar refractivity (Wildman–Crippen MR) is 117 cm³/mol. The van der Waals surface area contributed by atoms with E-state index in [9.17, 15) is 4.79 Å². The summed E-state index contributed by atoms with van der Waals surface area (Å²) in [7, 11) is 0. The number of amides is 1. The average molecular weight is 491 g/mol. The minimum atomic E-state index is -0.174. The van der Waals surface area contributed by atoms with Gasteiger partial charge in [-0.15, -0.1) is 16.8 Å². The molecule has 0 saturated carbocycles. The lowest BCUT2D eigenvalue weighted by Gasteiger charge is -2.20. The summed E-state index contributed by atoms with van der Waals surface area (Å²) in [5, 5.41) is 12.0. The third kappa shape index (κ3) is 4.24. The first kappa shape index (κ1) is 20.5. The molecule has 0 spiro atoms. The van der Waals surface area contributed by atoms with Gasteiger partial charge in [0.1, 0.15) is 19.0 Å². The number of hydrogen-bond acceptors (Lipinski definition) is 7. The van der Waals surface area contributed by atoms with Crippen molar-refractivity contribution >= 4 is 39.3 Å². The van der Waals surface area contributed by atoms with Gasteiger partial charge in [-0.25, -0.2) is 0 Å². The van der Waals surface area contributed by atoms with E-state index in [-0.39, 0.29) is 11.7 Å². The van der Waals surface area contributed by atoms with E-state index in [2.05, 4.69) is 38.0 Å². The smallest absolute Gasteiger partial charge is 0.234 e. The Labute approximate surface area is 185 Å². The molecule has 0 fully saturated rings. The number of halogens is 1. The number of nitrogens with zero attached hydrogens (tertiary/aromatic N) is 3. The summed E-state index contributed by atoms with van der Waals surface area (Å²) in [6.07, 6.45) is 3.38. The summed E-state index contributed by atoms with van der Waals surface area (Å²) in [5.41, 5.74) is 1.48. The number of carbonyl (C=O) groups is 1. The Hall–Kier alpha value is -2.72. The fraction of sp³-hybridized carbons (Fsp3) is 0.250. The van der Waals surface area contributed by atoms with Crippen LogP contribution in [0, 0.1) is 6.92 Å². The quantitative estimate of drug-likeness (QED) is 0.389. The van der Waals surface area contributed by atoms with Crippen molar-refractivity contribution in [1.82, 2.24) is 14.8 Å². The van der Waals surface area contributed by atoms with Crippen molar-refractivity contribution in [2.45, 2.75) is 18.6 Å². The zero-order valence-corrected chi connectivity index (χ0v) is 18.6. The first-order valence-corrected chi connectivity index (χ1v) is 10.9. The fourth-order valence-corrected chi connectivity index (χ4v) is 4.15. The maximum absolute atomic E-state index is 12.5. The third-order valence-electron chi connectivity index (χ3n) is 4.37. The largest absolute Gasteiger partial charge is 0.486 e. The van der Waals surface area contributed by atoms with Gasteiger partial charge in [-0.2, -0.15) is 0 Å². The van der Waals surface area contributed by atoms with Crippen molar-refractivity contribution in [2.75, 3.05) is 24.3 Å².